The van der Waals surface area contributed by atoms with Gasteiger partial charge < -0.3 is 9.47 Å². The van der Waals surface area contributed by atoms with Crippen molar-refractivity contribution in [3.63, 3.8) is 0 Å². The first-order valence-corrected chi connectivity index (χ1v) is 5.46. The van der Waals surface area contributed by atoms with E-state index in [-0.39, 0.29) is 6.29 Å². The van der Waals surface area contributed by atoms with Crippen LogP contribution in [0, 0.1) is 11.8 Å². The van der Waals surface area contributed by atoms with Gasteiger partial charge in [-0.15, -0.1) is 0 Å². The summed E-state index contributed by atoms with van der Waals surface area (Å²) in [6, 6.07) is 10.0. The van der Waals surface area contributed by atoms with Crippen LogP contribution in [-0.2, 0) is 9.47 Å². The molecule has 0 aliphatic heterocycles. The van der Waals surface area contributed by atoms with E-state index in [2.05, 4.69) is 11.8 Å². The van der Waals surface area contributed by atoms with Gasteiger partial charge in [-0.25, -0.2) is 0 Å². The molecule has 0 radical (unpaired) electrons. The van der Waals surface area contributed by atoms with Gasteiger partial charge in [0.1, 0.15) is 0 Å². The summed E-state index contributed by atoms with van der Waals surface area (Å²) in [4.78, 5) is 0. The van der Waals surface area contributed by atoms with Crippen molar-refractivity contribution in [3.8, 4) is 11.8 Å². The van der Waals surface area contributed by atoms with Crippen LogP contribution in [0.5, 0.6) is 0 Å². The smallest absolute Gasteiger partial charge is 0.156 e. The second-order valence-electron chi connectivity index (χ2n) is 3.46. The third-order valence-electron chi connectivity index (χ3n) is 2.27. The molecule has 0 spiro atoms. The van der Waals surface area contributed by atoms with Crippen molar-refractivity contribution in [3.05, 3.63) is 35.9 Å². The second kappa shape index (κ2) is 7.92. The molecule has 16 heavy (non-hydrogen) atoms. The van der Waals surface area contributed by atoms with Gasteiger partial charge in [0.05, 0.1) is 0 Å². The van der Waals surface area contributed by atoms with Gasteiger partial charge in [0, 0.05) is 26.2 Å². The number of hydrogen-bond acceptors (Lipinski definition) is 2. The maximum absolute atomic E-state index is 5.09. The predicted octanol–water partition coefficient (Wildman–Crippen LogP) is 2.83. The third-order valence-corrected chi connectivity index (χ3v) is 2.27. The molecule has 0 saturated carbocycles. The standard InChI is InChI=1S/C14H18O2/c1-15-14(16-2)12-8-4-7-11-13-9-5-3-6-10-13/h3,5-6,9-10,14H,4,8,12H2,1-2H3. The van der Waals surface area contributed by atoms with Crippen LogP contribution in [0.15, 0.2) is 30.3 Å². The Morgan fingerprint density at radius 3 is 2.44 bits per heavy atom. The highest BCUT2D eigenvalue weighted by atomic mass is 16.7. The van der Waals surface area contributed by atoms with E-state index in [9.17, 15) is 0 Å². The lowest BCUT2D eigenvalue weighted by Gasteiger charge is -2.11. The average molecular weight is 218 g/mol. The molecule has 0 saturated heterocycles. The zero-order valence-corrected chi connectivity index (χ0v) is 9.90. The molecule has 0 atom stereocenters. The van der Waals surface area contributed by atoms with Crippen LogP contribution in [0.1, 0.15) is 24.8 Å². The molecule has 0 unspecified atom stereocenters. The van der Waals surface area contributed by atoms with Crippen LogP contribution in [0.2, 0.25) is 0 Å². The van der Waals surface area contributed by atoms with Crippen molar-refractivity contribution in [1.29, 1.82) is 0 Å². The zero-order chi connectivity index (χ0) is 11.6. The summed E-state index contributed by atoms with van der Waals surface area (Å²) >= 11 is 0. The van der Waals surface area contributed by atoms with E-state index in [0.29, 0.717) is 0 Å². The maximum atomic E-state index is 5.09. The molecule has 0 aliphatic carbocycles. The molecule has 0 aromatic heterocycles. The molecular weight excluding hydrogens is 200 g/mol. The number of rotatable bonds is 5. The van der Waals surface area contributed by atoms with Crippen LogP contribution >= 0.6 is 0 Å². The Hall–Kier alpha value is -1.30. The molecule has 1 aromatic rings. The van der Waals surface area contributed by atoms with Crippen molar-refractivity contribution in [2.75, 3.05) is 14.2 Å². The van der Waals surface area contributed by atoms with Gasteiger partial charge in [-0.2, -0.15) is 0 Å². The molecule has 2 nitrogen and oxygen atoms in total. The van der Waals surface area contributed by atoms with Crippen molar-refractivity contribution < 1.29 is 9.47 Å². The Labute approximate surface area is 97.6 Å². The highest BCUT2D eigenvalue weighted by Crippen LogP contribution is 2.04. The first-order valence-electron chi connectivity index (χ1n) is 5.46. The number of benzene rings is 1. The molecule has 0 fully saturated rings. The molecule has 0 bridgehead atoms. The maximum Gasteiger partial charge on any atom is 0.156 e. The van der Waals surface area contributed by atoms with Gasteiger partial charge in [0.15, 0.2) is 6.29 Å². The Balaban J connectivity index is 2.23. The Bertz CT molecular complexity index is 331. The summed E-state index contributed by atoms with van der Waals surface area (Å²) in [7, 11) is 3.31. The quantitative estimate of drug-likeness (QED) is 0.430. The van der Waals surface area contributed by atoms with Crippen molar-refractivity contribution in [2.45, 2.75) is 25.6 Å². The second-order valence-corrected chi connectivity index (χ2v) is 3.46. The fourth-order valence-corrected chi connectivity index (χ4v) is 1.38. The fourth-order valence-electron chi connectivity index (χ4n) is 1.38. The largest absolute Gasteiger partial charge is 0.356 e. The van der Waals surface area contributed by atoms with Gasteiger partial charge in [0.25, 0.3) is 0 Å². The number of unbranched alkanes of at least 4 members (excludes halogenated alkanes) is 1. The molecule has 1 rings (SSSR count). The van der Waals surface area contributed by atoms with Crippen LogP contribution in [0.4, 0.5) is 0 Å². The normalized spacial score (nSPS) is 9.94. The van der Waals surface area contributed by atoms with Crippen LogP contribution in [0.3, 0.4) is 0 Å². The Morgan fingerprint density at radius 1 is 1.12 bits per heavy atom. The van der Waals surface area contributed by atoms with Crippen molar-refractivity contribution in [2.24, 2.45) is 0 Å². The van der Waals surface area contributed by atoms with Crippen molar-refractivity contribution in [1.82, 2.24) is 0 Å². The number of hydrogen-bond donors (Lipinski definition) is 0. The van der Waals surface area contributed by atoms with E-state index < -0.39 is 0 Å². The summed E-state index contributed by atoms with van der Waals surface area (Å²) < 4.78 is 10.2. The first kappa shape index (κ1) is 12.8. The molecule has 0 N–H and O–H groups in total. The lowest BCUT2D eigenvalue weighted by Crippen LogP contribution is -2.12. The summed E-state index contributed by atoms with van der Waals surface area (Å²) in [5, 5.41) is 0. The summed E-state index contributed by atoms with van der Waals surface area (Å²) in [6.45, 7) is 0. The van der Waals surface area contributed by atoms with Crippen LogP contribution in [0.25, 0.3) is 0 Å². The molecular formula is C14H18O2. The molecule has 2 heteroatoms. The minimum atomic E-state index is -0.0986. The summed E-state index contributed by atoms with van der Waals surface area (Å²) in [6.07, 6.45) is 2.65. The minimum Gasteiger partial charge on any atom is -0.356 e. The minimum absolute atomic E-state index is 0.0986. The lowest BCUT2D eigenvalue weighted by atomic mass is 10.2. The van der Waals surface area contributed by atoms with E-state index in [1.54, 1.807) is 14.2 Å². The molecule has 0 heterocycles. The average Bonchev–Trinajstić information content (AvgIpc) is 2.35. The number of ether oxygens (including phenoxy) is 2. The van der Waals surface area contributed by atoms with Crippen LogP contribution < -0.4 is 0 Å². The number of methoxy groups -OCH3 is 2. The van der Waals surface area contributed by atoms with Gasteiger partial charge in [-0.1, -0.05) is 30.0 Å². The Kier molecular flexibility index (Phi) is 6.32. The highest BCUT2D eigenvalue weighted by molar-refractivity contribution is 5.33. The van der Waals surface area contributed by atoms with E-state index in [4.69, 9.17) is 9.47 Å². The molecule has 0 aliphatic rings. The fraction of sp³-hybridized carbons (Fsp3) is 0.429. The van der Waals surface area contributed by atoms with E-state index in [1.165, 1.54) is 0 Å². The monoisotopic (exact) mass is 218 g/mol. The summed E-state index contributed by atoms with van der Waals surface area (Å²) in [5.74, 6) is 6.27. The van der Waals surface area contributed by atoms with Gasteiger partial charge in [0.2, 0.25) is 0 Å². The zero-order valence-electron chi connectivity index (χ0n) is 9.90. The topological polar surface area (TPSA) is 18.5 Å². The van der Waals surface area contributed by atoms with E-state index >= 15 is 0 Å². The molecule has 1 aromatic carbocycles. The highest BCUT2D eigenvalue weighted by Gasteiger charge is 2.02. The third kappa shape index (κ3) is 4.97. The van der Waals surface area contributed by atoms with E-state index in [0.717, 1.165) is 24.8 Å². The van der Waals surface area contributed by atoms with Gasteiger partial charge >= 0.3 is 0 Å². The molecule has 86 valence electrons. The molecule has 0 amide bonds. The predicted molar refractivity (Wildman–Crippen MR) is 65.0 cm³/mol. The van der Waals surface area contributed by atoms with Gasteiger partial charge in [-0.05, 0) is 25.0 Å². The first-order chi connectivity index (χ1) is 7.86. The van der Waals surface area contributed by atoms with E-state index in [1.807, 2.05) is 30.3 Å². The van der Waals surface area contributed by atoms with Crippen LogP contribution in [-0.4, -0.2) is 20.5 Å². The SMILES string of the molecule is COC(CCCC#Cc1ccccc1)OC. The van der Waals surface area contributed by atoms with Gasteiger partial charge in [-0.3, -0.25) is 0 Å². The van der Waals surface area contributed by atoms with Crippen molar-refractivity contribution >= 4 is 0 Å². The lowest BCUT2D eigenvalue weighted by molar-refractivity contribution is -0.106. The summed E-state index contributed by atoms with van der Waals surface area (Å²) in [5.41, 5.74) is 1.07. The Morgan fingerprint density at radius 2 is 1.81 bits per heavy atom.